The van der Waals surface area contributed by atoms with Gasteiger partial charge in [0.2, 0.25) is 0 Å². The van der Waals surface area contributed by atoms with Crippen LogP contribution in [0.1, 0.15) is 129 Å². The number of hydrogen-bond donors (Lipinski definition) is 0. The first-order chi connectivity index (χ1) is 14.9. The van der Waals surface area contributed by atoms with Gasteiger partial charge in [0, 0.05) is 18.6 Å². The van der Waals surface area contributed by atoms with Crippen LogP contribution in [0.2, 0.25) is 0 Å². The maximum atomic E-state index is 6.20. The Morgan fingerprint density at radius 2 is 1.29 bits per heavy atom. The fourth-order valence-corrected chi connectivity index (χ4v) is 4.25. The molecule has 1 aromatic carbocycles. The Morgan fingerprint density at radius 1 is 0.774 bits per heavy atom. The van der Waals surface area contributed by atoms with E-state index in [1.54, 1.807) is 0 Å². The lowest BCUT2D eigenvalue weighted by Gasteiger charge is -2.22. The fourth-order valence-electron chi connectivity index (χ4n) is 4.25. The molecule has 0 fully saturated rings. The highest BCUT2D eigenvalue weighted by atomic mass is 16.5. The van der Waals surface area contributed by atoms with E-state index in [0.717, 1.165) is 29.9 Å². The third-order valence-corrected chi connectivity index (χ3v) is 6.16. The Labute approximate surface area is 191 Å². The van der Waals surface area contributed by atoms with E-state index in [2.05, 4.69) is 38.7 Å². The van der Waals surface area contributed by atoms with E-state index in [1.807, 2.05) is 13.0 Å². The Bertz CT molecular complexity index is 741. The first-order valence-corrected chi connectivity index (χ1v) is 13.0. The van der Waals surface area contributed by atoms with Crippen LogP contribution in [0, 0.1) is 6.92 Å². The molecule has 0 atom stereocenters. The van der Waals surface area contributed by atoms with Crippen LogP contribution in [0.25, 0.3) is 11.1 Å². The number of ether oxygens (including phenoxy) is 1. The van der Waals surface area contributed by atoms with Crippen molar-refractivity contribution in [2.75, 3.05) is 6.61 Å². The van der Waals surface area contributed by atoms with E-state index in [4.69, 9.17) is 9.15 Å². The SMILES string of the molecule is CCCCCCCCCCCCCCCCOc1cc2oc(C)nc2cc1C(C)(C)C. The van der Waals surface area contributed by atoms with Gasteiger partial charge in [-0.15, -0.1) is 0 Å². The van der Waals surface area contributed by atoms with Crippen molar-refractivity contribution < 1.29 is 9.15 Å². The summed E-state index contributed by atoms with van der Waals surface area (Å²) >= 11 is 0. The van der Waals surface area contributed by atoms with Crippen LogP contribution in [-0.2, 0) is 5.41 Å². The number of oxazole rings is 1. The van der Waals surface area contributed by atoms with Gasteiger partial charge in [-0.3, -0.25) is 0 Å². The van der Waals surface area contributed by atoms with E-state index in [1.165, 1.54) is 89.0 Å². The molecule has 0 radical (unpaired) electrons. The second-order valence-electron chi connectivity index (χ2n) is 10.2. The molecule has 0 amide bonds. The summed E-state index contributed by atoms with van der Waals surface area (Å²) in [6.45, 7) is 11.6. The molecule has 2 rings (SSSR count). The lowest BCUT2D eigenvalue weighted by atomic mass is 9.86. The topological polar surface area (TPSA) is 35.3 Å². The van der Waals surface area contributed by atoms with Crippen molar-refractivity contribution in [1.82, 2.24) is 4.98 Å². The Kier molecular flexibility index (Phi) is 11.5. The van der Waals surface area contributed by atoms with Crippen LogP contribution in [0.4, 0.5) is 0 Å². The molecule has 0 aliphatic rings. The van der Waals surface area contributed by atoms with Gasteiger partial charge in [0.15, 0.2) is 11.5 Å². The molecule has 0 N–H and O–H groups in total. The zero-order valence-electron chi connectivity index (χ0n) is 21.0. The van der Waals surface area contributed by atoms with Gasteiger partial charge >= 0.3 is 0 Å². The summed E-state index contributed by atoms with van der Waals surface area (Å²) in [7, 11) is 0. The lowest BCUT2D eigenvalue weighted by Crippen LogP contribution is -2.14. The molecule has 31 heavy (non-hydrogen) atoms. The Hall–Kier alpha value is -1.51. The molecule has 0 spiro atoms. The van der Waals surface area contributed by atoms with E-state index in [9.17, 15) is 0 Å². The molecule has 0 saturated carbocycles. The first kappa shape index (κ1) is 25.7. The average Bonchev–Trinajstić information content (AvgIpc) is 3.08. The van der Waals surface area contributed by atoms with Crippen molar-refractivity contribution in [3.05, 3.63) is 23.6 Å². The second-order valence-corrected chi connectivity index (χ2v) is 10.2. The molecule has 0 unspecified atom stereocenters. The van der Waals surface area contributed by atoms with Gasteiger partial charge in [-0.25, -0.2) is 4.98 Å². The monoisotopic (exact) mass is 429 g/mol. The minimum atomic E-state index is 0.0197. The van der Waals surface area contributed by atoms with Gasteiger partial charge in [0.25, 0.3) is 0 Å². The predicted octanol–water partition coefficient (Wildman–Crippen LogP) is 9.29. The minimum Gasteiger partial charge on any atom is -0.493 e. The molecular weight excluding hydrogens is 382 g/mol. The largest absolute Gasteiger partial charge is 0.493 e. The highest BCUT2D eigenvalue weighted by Gasteiger charge is 2.21. The van der Waals surface area contributed by atoms with Crippen molar-refractivity contribution in [2.45, 2.75) is 130 Å². The van der Waals surface area contributed by atoms with Crippen LogP contribution in [-0.4, -0.2) is 11.6 Å². The third kappa shape index (κ3) is 9.66. The van der Waals surface area contributed by atoms with Gasteiger partial charge in [-0.1, -0.05) is 111 Å². The van der Waals surface area contributed by atoms with Crippen molar-refractivity contribution in [3.63, 3.8) is 0 Å². The van der Waals surface area contributed by atoms with Crippen LogP contribution in [0.15, 0.2) is 16.5 Å². The number of hydrogen-bond acceptors (Lipinski definition) is 3. The molecule has 176 valence electrons. The molecular formula is C28H47NO2. The van der Waals surface area contributed by atoms with Crippen molar-refractivity contribution in [2.24, 2.45) is 0 Å². The molecule has 0 bridgehead atoms. The number of aryl methyl sites for hydroxylation is 1. The molecule has 1 aromatic heterocycles. The van der Waals surface area contributed by atoms with Crippen molar-refractivity contribution in [3.8, 4) is 5.75 Å². The third-order valence-electron chi connectivity index (χ3n) is 6.16. The normalized spacial score (nSPS) is 12.0. The lowest BCUT2D eigenvalue weighted by molar-refractivity contribution is 0.296. The molecule has 1 heterocycles. The molecule has 3 nitrogen and oxygen atoms in total. The molecule has 0 saturated heterocycles. The number of nitrogens with zero attached hydrogens (tertiary/aromatic N) is 1. The maximum Gasteiger partial charge on any atom is 0.192 e. The van der Waals surface area contributed by atoms with Gasteiger partial charge < -0.3 is 9.15 Å². The van der Waals surface area contributed by atoms with E-state index < -0.39 is 0 Å². The van der Waals surface area contributed by atoms with Crippen LogP contribution >= 0.6 is 0 Å². The highest BCUT2D eigenvalue weighted by molar-refractivity contribution is 5.76. The summed E-state index contributed by atoms with van der Waals surface area (Å²) in [5.41, 5.74) is 2.97. The highest BCUT2D eigenvalue weighted by Crippen LogP contribution is 2.35. The molecule has 2 aromatic rings. The number of benzene rings is 1. The standard InChI is InChI=1S/C28H47NO2/c1-6-7-8-9-10-11-12-13-14-15-16-17-18-19-20-30-26-22-27-25(29-23(2)31-27)21-24(26)28(3,4)5/h21-22H,6-20H2,1-5H3. The summed E-state index contributed by atoms with van der Waals surface area (Å²) in [6, 6.07) is 4.16. The quantitative estimate of drug-likeness (QED) is 0.249. The molecule has 0 aliphatic carbocycles. The Balaban J connectivity index is 1.56. The average molecular weight is 430 g/mol. The first-order valence-electron chi connectivity index (χ1n) is 13.0. The zero-order valence-corrected chi connectivity index (χ0v) is 21.0. The van der Waals surface area contributed by atoms with Gasteiger partial charge in [-0.05, 0) is 17.9 Å². The summed E-state index contributed by atoms with van der Waals surface area (Å²) in [4.78, 5) is 4.48. The number of fused-ring (bicyclic) bond motifs is 1. The smallest absolute Gasteiger partial charge is 0.192 e. The van der Waals surface area contributed by atoms with Crippen LogP contribution in [0.3, 0.4) is 0 Å². The number of unbranched alkanes of at least 4 members (excludes halogenated alkanes) is 13. The van der Waals surface area contributed by atoms with E-state index >= 15 is 0 Å². The van der Waals surface area contributed by atoms with Crippen molar-refractivity contribution in [1.29, 1.82) is 0 Å². The van der Waals surface area contributed by atoms with Crippen LogP contribution in [0.5, 0.6) is 5.75 Å². The van der Waals surface area contributed by atoms with Gasteiger partial charge in [0.1, 0.15) is 11.3 Å². The maximum absolute atomic E-state index is 6.20. The summed E-state index contributed by atoms with van der Waals surface area (Å²) in [5, 5.41) is 0. The summed E-state index contributed by atoms with van der Waals surface area (Å²) < 4.78 is 11.9. The molecule has 3 heteroatoms. The zero-order chi connectivity index (χ0) is 22.5. The fraction of sp³-hybridized carbons (Fsp3) is 0.750. The van der Waals surface area contributed by atoms with E-state index in [-0.39, 0.29) is 5.41 Å². The van der Waals surface area contributed by atoms with Crippen LogP contribution < -0.4 is 4.74 Å². The summed E-state index contributed by atoms with van der Waals surface area (Å²) in [5.74, 6) is 1.66. The second kappa shape index (κ2) is 13.8. The predicted molar refractivity (Wildman–Crippen MR) is 133 cm³/mol. The van der Waals surface area contributed by atoms with Gasteiger partial charge in [0.05, 0.1) is 6.61 Å². The molecule has 0 aliphatic heterocycles. The number of rotatable bonds is 16. The Morgan fingerprint density at radius 3 is 1.81 bits per heavy atom. The summed E-state index contributed by atoms with van der Waals surface area (Å²) in [6.07, 6.45) is 19.3. The van der Waals surface area contributed by atoms with Gasteiger partial charge in [-0.2, -0.15) is 0 Å². The van der Waals surface area contributed by atoms with Crippen molar-refractivity contribution >= 4 is 11.1 Å². The number of aromatic nitrogens is 1. The van der Waals surface area contributed by atoms with E-state index in [0.29, 0.717) is 5.89 Å². The minimum absolute atomic E-state index is 0.0197.